The Morgan fingerprint density at radius 2 is 1.92 bits per heavy atom. The second kappa shape index (κ2) is 5.76. The SMILES string of the molecule is CCC[C@@H](C)CN[S@](=O)C(C)(C)C. The molecule has 2 nitrogen and oxygen atoms in total. The average Bonchev–Trinajstić information content (AvgIpc) is 1.99. The molecule has 2 atom stereocenters. The second-order valence-corrected chi connectivity index (χ2v) is 6.67. The normalized spacial score (nSPS) is 17.0. The van der Waals surface area contributed by atoms with Crippen LogP contribution in [-0.4, -0.2) is 15.5 Å². The molecule has 3 heteroatoms. The second-order valence-electron chi connectivity index (χ2n) is 4.62. The summed E-state index contributed by atoms with van der Waals surface area (Å²) in [7, 11) is -0.911. The first-order chi connectivity index (χ1) is 5.88. The number of hydrogen-bond donors (Lipinski definition) is 1. The lowest BCUT2D eigenvalue weighted by Crippen LogP contribution is -2.35. The lowest BCUT2D eigenvalue weighted by molar-refractivity contribution is 0.513. The van der Waals surface area contributed by atoms with E-state index in [4.69, 9.17) is 0 Å². The predicted molar refractivity (Wildman–Crippen MR) is 60.0 cm³/mol. The van der Waals surface area contributed by atoms with Crippen molar-refractivity contribution in [3.8, 4) is 0 Å². The van der Waals surface area contributed by atoms with E-state index in [2.05, 4.69) is 18.6 Å². The van der Waals surface area contributed by atoms with Crippen molar-refractivity contribution in [2.75, 3.05) is 6.54 Å². The zero-order valence-electron chi connectivity index (χ0n) is 9.52. The molecule has 80 valence electrons. The van der Waals surface area contributed by atoms with Crippen LogP contribution in [0, 0.1) is 5.92 Å². The maximum absolute atomic E-state index is 11.6. The molecule has 0 amide bonds. The van der Waals surface area contributed by atoms with Gasteiger partial charge in [-0.2, -0.15) is 0 Å². The molecule has 13 heavy (non-hydrogen) atoms. The van der Waals surface area contributed by atoms with E-state index in [1.165, 1.54) is 12.8 Å². The van der Waals surface area contributed by atoms with Crippen molar-refractivity contribution in [1.29, 1.82) is 0 Å². The topological polar surface area (TPSA) is 29.1 Å². The van der Waals surface area contributed by atoms with Crippen molar-refractivity contribution in [3.63, 3.8) is 0 Å². The molecule has 0 bridgehead atoms. The minimum Gasteiger partial charge on any atom is -0.242 e. The van der Waals surface area contributed by atoms with Gasteiger partial charge in [-0.3, -0.25) is 0 Å². The van der Waals surface area contributed by atoms with Gasteiger partial charge in [0, 0.05) is 6.54 Å². The molecule has 1 N–H and O–H groups in total. The van der Waals surface area contributed by atoms with Crippen LogP contribution in [0.4, 0.5) is 0 Å². The third-order valence-corrected chi connectivity index (χ3v) is 3.44. The van der Waals surface area contributed by atoms with Crippen LogP contribution in [0.25, 0.3) is 0 Å². The van der Waals surface area contributed by atoms with Gasteiger partial charge in [0.15, 0.2) is 0 Å². The number of rotatable bonds is 5. The van der Waals surface area contributed by atoms with Gasteiger partial charge >= 0.3 is 0 Å². The summed E-state index contributed by atoms with van der Waals surface area (Å²) in [6.07, 6.45) is 2.40. The molecule has 0 rings (SSSR count). The molecule has 0 aliphatic rings. The zero-order chi connectivity index (χ0) is 10.5. The zero-order valence-corrected chi connectivity index (χ0v) is 10.3. The fraction of sp³-hybridized carbons (Fsp3) is 1.00. The van der Waals surface area contributed by atoms with Gasteiger partial charge in [-0.1, -0.05) is 20.3 Å². The molecule has 0 spiro atoms. The van der Waals surface area contributed by atoms with Crippen LogP contribution in [0.1, 0.15) is 47.5 Å². The molecule has 0 saturated carbocycles. The Balaban J connectivity index is 3.71. The highest BCUT2D eigenvalue weighted by Crippen LogP contribution is 2.10. The van der Waals surface area contributed by atoms with E-state index >= 15 is 0 Å². The Labute approximate surface area is 85.1 Å². The van der Waals surface area contributed by atoms with Crippen LogP contribution in [0.3, 0.4) is 0 Å². The van der Waals surface area contributed by atoms with Crippen molar-refractivity contribution >= 4 is 11.0 Å². The van der Waals surface area contributed by atoms with E-state index in [0.29, 0.717) is 5.92 Å². The van der Waals surface area contributed by atoms with Crippen LogP contribution in [0.15, 0.2) is 0 Å². The van der Waals surface area contributed by atoms with E-state index < -0.39 is 11.0 Å². The van der Waals surface area contributed by atoms with Crippen molar-refractivity contribution in [2.24, 2.45) is 5.92 Å². The number of hydrogen-bond acceptors (Lipinski definition) is 1. The van der Waals surface area contributed by atoms with E-state index in [9.17, 15) is 4.21 Å². The van der Waals surface area contributed by atoms with Gasteiger partial charge in [0.25, 0.3) is 0 Å². The third-order valence-electron chi connectivity index (χ3n) is 1.90. The standard InChI is InChI=1S/C10H23NOS/c1-6-7-9(2)8-11-13(12)10(3,4)5/h9,11H,6-8H2,1-5H3/t9-,13-/m1/s1. The Morgan fingerprint density at radius 1 is 1.38 bits per heavy atom. The Morgan fingerprint density at radius 3 is 2.31 bits per heavy atom. The predicted octanol–water partition coefficient (Wildman–Crippen LogP) is 2.47. The summed E-state index contributed by atoms with van der Waals surface area (Å²) in [6, 6.07) is 0. The molecule has 0 aromatic rings. The van der Waals surface area contributed by atoms with Crippen LogP contribution < -0.4 is 4.72 Å². The quantitative estimate of drug-likeness (QED) is 0.734. The van der Waals surface area contributed by atoms with Crippen molar-refractivity contribution < 1.29 is 4.21 Å². The molecule has 0 unspecified atom stereocenters. The van der Waals surface area contributed by atoms with Gasteiger partial charge in [0.05, 0.1) is 15.7 Å². The lowest BCUT2D eigenvalue weighted by Gasteiger charge is -2.19. The summed E-state index contributed by atoms with van der Waals surface area (Å²) in [5.74, 6) is 0.622. The minimum atomic E-state index is -0.911. The first-order valence-corrected chi connectivity index (χ1v) is 6.18. The molecule has 0 aliphatic heterocycles. The molecular weight excluding hydrogens is 182 g/mol. The highest BCUT2D eigenvalue weighted by atomic mass is 32.2. The van der Waals surface area contributed by atoms with Crippen LogP contribution in [-0.2, 0) is 11.0 Å². The van der Waals surface area contributed by atoms with E-state index in [1.54, 1.807) is 0 Å². The minimum absolute atomic E-state index is 0.147. The van der Waals surface area contributed by atoms with Crippen LogP contribution in [0.2, 0.25) is 0 Å². The highest BCUT2D eigenvalue weighted by molar-refractivity contribution is 7.84. The fourth-order valence-corrected chi connectivity index (χ4v) is 1.90. The monoisotopic (exact) mass is 205 g/mol. The summed E-state index contributed by atoms with van der Waals surface area (Å²) in [4.78, 5) is 0. The van der Waals surface area contributed by atoms with Crippen LogP contribution in [0.5, 0.6) is 0 Å². The Hall–Kier alpha value is 0.110. The fourth-order valence-electron chi connectivity index (χ4n) is 1.03. The average molecular weight is 205 g/mol. The molecule has 0 aromatic carbocycles. The molecular formula is C10H23NOS. The van der Waals surface area contributed by atoms with Crippen molar-refractivity contribution in [2.45, 2.75) is 52.2 Å². The Bertz CT molecular complexity index is 163. The van der Waals surface area contributed by atoms with Crippen molar-refractivity contribution in [1.82, 2.24) is 4.72 Å². The van der Waals surface area contributed by atoms with Gasteiger partial charge in [-0.25, -0.2) is 8.93 Å². The summed E-state index contributed by atoms with van der Waals surface area (Å²) < 4.78 is 14.5. The van der Waals surface area contributed by atoms with Gasteiger partial charge in [0.2, 0.25) is 0 Å². The molecule has 0 aromatic heterocycles. The van der Waals surface area contributed by atoms with E-state index in [1.807, 2.05) is 20.8 Å². The number of nitrogens with one attached hydrogen (secondary N) is 1. The smallest absolute Gasteiger partial charge is 0.0970 e. The maximum Gasteiger partial charge on any atom is 0.0970 e. The van der Waals surface area contributed by atoms with Gasteiger partial charge in [0.1, 0.15) is 0 Å². The van der Waals surface area contributed by atoms with Gasteiger partial charge in [-0.05, 0) is 33.1 Å². The van der Waals surface area contributed by atoms with Crippen LogP contribution >= 0.6 is 0 Å². The van der Waals surface area contributed by atoms with Gasteiger partial charge in [-0.15, -0.1) is 0 Å². The summed E-state index contributed by atoms with van der Waals surface area (Å²) in [6.45, 7) is 11.2. The summed E-state index contributed by atoms with van der Waals surface area (Å²) in [5, 5.41) is 0. The molecule has 0 aliphatic carbocycles. The summed E-state index contributed by atoms with van der Waals surface area (Å²) in [5.41, 5.74) is 0. The largest absolute Gasteiger partial charge is 0.242 e. The third kappa shape index (κ3) is 6.22. The highest BCUT2D eigenvalue weighted by Gasteiger charge is 2.19. The maximum atomic E-state index is 11.6. The van der Waals surface area contributed by atoms with Crippen molar-refractivity contribution in [3.05, 3.63) is 0 Å². The molecule has 0 fully saturated rings. The molecule has 0 saturated heterocycles. The van der Waals surface area contributed by atoms with Gasteiger partial charge < -0.3 is 0 Å². The van der Waals surface area contributed by atoms with E-state index in [0.717, 1.165) is 6.54 Å². The molecule has 0 heterocycles. The first kappa shape index (κ1) is 13.1. The summed E-state index contributed by atoms with van der Waals surface area (Å²) >= 11 is 0. The Kier molecular flexibility index (Phi) is 5.81. The lowest BCUT2D eigenvalue weighted by atomic mass is 10.1. The molecule has 0 radical (unpaired) electrons. The van der Waals surface area contributed by atoms with E-state index in [-0.39, 0.29) is 4.75 Å². The first-order valence-electron chi connectivity index (χ1n) is 5.03.